The number of thioether (sulfide) groups is 1. The highest BCUT2D eigenvalue weighted by Gasteiger charge is 2.14. The van der Waals surface area contributed by atoms with Crippen LogP contribution < -0.4 is 0 Å². The topological polar surface area (TPSA) is 26.3 Å². The van der Waals surface area contributed by atoms with Gasteiger partial charge in [-0.05, 0) is 12.7 Å². The largest absolute Gasteiger partial charge is 0.369 e. The third-order valence-electron chi connectivity index (χ3n) is 2.23. The number of Topliss-reactive ketones (excluding diaryl/α,β-unsaturated/α-hetero) is 1. The van der Waals surface area contributed by atoms with Gasteiger partial charge >= 0.3 is 0 Å². The smallest absolute Gasteiger partial charge is 0.191 e. The van der Waals surface area contributed by atoms with Crippen molar-refractivity contribution in [2.75, 3.05) is 18.1 Å². The van der Waals surface area contributed by atoms with Crippen LogP contribution in [0.4, 0.5) is 0 Å². The van der Waals surface area contributed by atoms with Crippen molar-refractivity contribution in [2.24, 2.45) is 0 Å². The fraction of sp³-hybridized carbons (Fsp3) is 0.462. The van der Waals surface area contributed by atoms with Gasteiger partial charge in [-0.3, -0.25) is 4.79 Å². The molecule has 0 saturated heterocycles. The van der Waals surface area contributed by atoms with E-state index in [-0.39, 0.29) is 11.9 Å². The first-order chi connectivity index (χ1) is 7.75. The Morgan fingerprint density at radius 2 is 2.06 bits per heavy atom. The summed E-state index contributed by atoms with van der Waals surface area (Å²) >= 11 is 1.82. The van der Waals surface area contributed by atoms with Crippen LogP contribution >= 0.6 is 11.8 Å². The molecule has 1 rings (SSSR count). The quantitative estimate of drug-likeness (QED) is 0.539. The van der Waals surface area contributed by atoms with Crippen molar-refractivity contribution < 1.29 is 9.53 Å². The second-order valence-corrected chi connectivity index (χ2v) is 4.83. The Kier molecular flexibility index (Phi) is 6.19. The van der Waals surface area contributed by atoms with E-state index in [1.54, 1.807) is 0 Å². The van der Waals surface area contributed by atoms with Crippen molar-refractivity contribution in [2.45, 2.75) is 20.0 Å². The van der Waals surface area contributed by atoms with Crippen molar-refractivity contribution >= 4 is 17.5 Å². The molecule has 16 heavy (non-hydrogen) atoms. The molecule has 0 bridgehead atoms. The number of carbonyl (C=O) groups excluding carboxylic acids is 1. The van der Waals surface area contributed by atoms with Gasteiger partial charge in [0.05, 0.1) is 6.61 Å². The molecule has 0 heterocycles. The first kappa shape index (κ1) is 13.3. The third kappa shape index (κ3) is 4.37. The summed E-state index contributed by atoms with van der Waals surface area (Å²) in [5, 5.41) is 0. The summed E-state index contributed by atoms with van der Waals surface area (Å²) in [6.07, 6.45) is -0.347. The van der Waals surface area contributed by atoms with Gasteiger partial charge in [0, 0.05) is 11.3 Å². The fourth-order valence-corrected chi connectivity index (χ4v) is 1.84. The predicted molar refractivity (Wildman–Crippen MR) is 69.2 cm³/mol. The molecule has 0 aliphatic rings. The molecule has 3 heteroatoms. The van der Waals surface area contributed by atoms with Crippen LogP contribution in [0, 0.1) is 0 Å². The Labute approximate surface area is 101 Å². The summed E-state index contributed by atoms with van der Waals surface area (Å²) in [5.74, 6) is 2.09. The highest BCUT2D eigenvalue weighted by Crippen LogP contribution is 2.07. The molecule has 0 spiro atoms. The van der Waals surface area contributed by atoms with E-state index in [0.717, 1.165) is 17.1 Å². The van der Waals surface area contributed by atoms with Gasteiger partial charge in [0.2, 0.25) is 0 Å². The summed E-state index contributed by atoms with van der Waals surface area (Å²) in [6, 6.07) is 9.28. The van der Waals surface area contributed by atoms with E-state index in [1.807, 2.05) is 49.0 Å². The van der Waals surface area contributed by atoms with Gasteiger partial charge in [0.1, 0.15) is 6.10 Å². The molecule has 1 unspecified atom stereocenters. The zero-order valence-corrected chi connectivity index (χ0v) is 10.6. The number of benzene rings is 1. The van der Waals surface area contributed by atoms with E-state index in [0.29, 0.717) is 6.61 Å². The molecule has 1 aromatic rings. The summed E-state index contributed by atoms with van der Waals surface area (Å²) in [7, 11) is 0. The van der Waals surface area contributed by atoms with Crippen molar-refractivity contribution in [3.63, 3.8) is 0 Å². The molecule has 0 N–H and O–H groups in total. The van der Waals surface area contributed by atoms with Gasteiger partial charge in [0.15, 0.2) is 5.78 Å². The zero-order valence-electron chi connectivity index (χ0n) is 9.81. The minimum atomic E-state index is -0.347. The summed E-state index contributed by atoms with van der Waals surface area (Å²) < 4.78 is 5.49. The predicted octanol–water partition coefficient (Wildman–Crippen LogP) is 3.03. The van der Waals surface area contributed by atoms with Gasteiger partial charge in [-0.25, -0.2) is 0 Å². The van der Waals surface area contributed by atoms with Crippen LogP contribution in [0.15, 0.2) is 30.3 Å². The monoisotopic (exact) mass is 238 g/mol. The Morgan fingerprint density at radius 1 is 1.38 bits per heavy atom. The highest BCUT2D eigenvalue weighted by molar-refractivity contribution is 7.99. The Hall–Kier alpha value is -0.800. The maximum absolute atomic E-state index is 11.9. The van der Waals surface area contributed by atoms with Crippen LogP contribution in [0.25, 0.3) is 0 Å². The number of rotatable bonds is 7. The van der Waals surface area contributed by atoms with Gasteiger partial charge in [-0.1, -0.05) is 37.3 Å². The summed E-state index contributed by atoms with van der Waals surface area (Å²) in [6.45, 7) is 4.56. The number of carbonyl (C=O) groups is 1. The van der Waals surface area contributed by atoms with E-state index in [2.05, 4.69) is 6.92 Å². The third-order valence-corrected chi connectivity index (χ3v) is 3.09. The number of hydrogen-bond donors (Lipinski definition) is 0. The summed E-state index contributed by atoms with van der Waals surface area (Å²) in [4.78, 5) is 11.9. The lowest BCUT2D eigenvalue weighted by Crippen LogP contribution is -2.22. The van der Waals surface area contributed by atoms with Crippen molar-refractivity contribution in [3.05, 3.63) is 35.9 Å². The second-order valence-electron chi connectivity index (χ2n) is 3.44. The van der Waals surface area contributed by atoms with Crippen LogP contribution in [0.1, 0.15) is 24.2 Å². The lowest BCUT2D eigenvalue weighted by atomic mass is 10.1. The Morgan fingerprint density at radius 3 is 2.69 bits per heavy atom. The Balaban J connectivity index is 2.37. The SMILES string of the molecule is CCSCCOC(C)C(=O)c1ccccc1. The number of hydrogen-bond acceptors (Lipinski definition) is 3. The fourth-order valence-electron chi connectivity index (χ4n) is 1.34. The Bertz CT molecular complexity index is 311. The van der Waals surface area contributed by atoms with E-state index >= 15 is 0 Å². The molecule has 2 nitrogen and oxygen atoms in total. The lowest BCUT2D eigenvalue weighted by Gasteiger charge is -2.11. The summed E-state index contributed by atoms with van der Waals surface area (Å²) in [5.41, 5.74) is 0.721. The van der Waals surface area contributed by atoms with Gasteiger partial charge in [0.25, 0.3) is 0 Å². The molecular weight excluding hydrogens is 220 g/mol. The van der Waals surface area contributed by atoms with Gasteiger partial charge < -0.3 is 4.74 Å². The van der Waals surface area contributed by atoms with E-state index in [9.17, 15) is 4.79 Å². The molecular formula is C13H18O2S. The van der Waals surface area contributed by atoms with Gasteiger partial charge in [-0.2, -0.15) is 11.8 Å². The first-order valence-electron chi connectivity index (χ1n) is 5.54. The molecule has 0 aliphatic heterocycles. The molecule has 0 aromatic heterocycles. The van der Waals surface area contributed by atoms with Crippen LogP contribution in [-0.4, -0.2) is 30.0 Å². The molecule has 0 aliphatic carbocycles. The normalized spacial score (nSPS) is 12.4. The van der Waals surface area contributed by atoms with Crippen molar-refractivity contribution in [1.29, 1.82) is 0 Å². The maximum atomic E-state index is 11.9. The molecule has 0 amide bonds. The second kappa shape index (κ2) is 7.47. The van der Waals surface area contributed by atoms with Crippen molar-refractivity contribution in [3.8, 4) is 0 Å². The average molecular weight is 238 g/mol. The molecule has 1 atom stereocenters. The molecule has 1 aromatic carbocycles. The minimum absolute atomic E-state index is 0.0575. The average Bonchev–Trinajstić information content (AvgIpc) is 2.34. The highest BCUT2D eigenvalue weighted by atomic mass is 32.2. The van der Waals surface area contributed by atoms with Crippen LogP contribution in [0.2, 0.25) is 0 Å². The zero-order chi connectivity index (χ0) is 11.8. The van der Waals surface area contributed by atoms with Crippen LogP contribution in [-0.2, 0) is 4.74 Å². The molecule has 0 radical (unpaired) electrons. The van der Waals surface area contributed by atoms with E-state index in [4.69, 9.17) is 4.74 Å². The van der Waals surface area contributed by atoms with Crippen LogP contribution in [0.3, 0.4) is 0 Å². The lowest BCUT2D eigenvalue weighted by molar-refractivity contribution is 0.0529. The minimum Gasteiger partial charge on any atom is -0.369 e. The molecule has 88 valence electrons. The van der Waals surface area contributed by atoms with E-state index in [1.165, 1.54) is 0 Å². The standard InChI is InChI=1S/C13H18O2S/c1-3-16-10-9-15-11(2)13(14)12-7-5-4-6-8-12/h4-8,11H,3,9-10H2,1-2H3. The maximum Gasteiger partial charge on any atom is 0.191 e. The molecule has 0 saturated carbocycles. The first-order valence-corrected chi connectivity index (χ1v) is 6.69. The number of ketones is 1. The van der Waals surface area contributed by atoms with Crippen molar-refractivity contribution in [1.82, 2.24) is 0 Å². The van der Waals surface area contributed by atoms with Gasteiger partial charge in [-0.15, -0.1) is 0 Å². The molecule has 0 fully saturated rings. The van der Waals surface area contributed by atoms with Crippen LogP contribution in [0.5, 0.6) is 0 Å². The number of ether oxygens (including phenoxy) is 1. The van der Waals surface area contributed by atoms with E-state index < -0.39 is 0 Å².